The first-order valence-electron chi connectivity index (χ1n) is 7.92. The van der Waals surface area contributed by atoms with Gasteiger partial charge in [-0.1, -0.05) is 31.4 Å². The molecular weight excluding hydrogens is 294 g/mol. The van der Waals surface area contributed by atoms with Crippen molar-refractivity contribution in [1.82, 2.24) is 10.7 Å². The third-order valence-electron chi connectivity index (χ3n) is 3.79. The predicted octanol–water partition coefficient (Wildman–Crippen LogP) is 1.98. The Kier molecular flexibility index (Phi) is 6.59. The van der Waals surface area contributed by atoms with Gasteiger partial charge in [-0.05, 0) is 30.5 Å². The number of amides is 2. The summed E-state index contributed by atoms with van der Waals surface area (Å²) in [6.45, 7) is 0. The fourth-order valence-corrected chi connectivity index (χ4v) is 2.61. The van der Waals surface area contributed by atoms with Crippen LogP contribution >= 0.6 is 0 Å². The summed E-state index contributed by atoms with van der Waals surface area (Å²) in [6.07, 6.45) is 6.82. The molecule has 1 aliphatic rings. The Balaban J connectivity index is 1.73. The van der Waals surface area contributed by atoms with Gasteiger partial charge in [0.25, 0.3) is 0 Å². The van der Waals surface area contributed by atoms with Gasteiger partial charge in [-0.25, -0.2) is 5.43 Å². The van der Waals surface area contributed by atoms with E-state index in [2.05, 4.69) is 15.8 Å². The maximum Gasteiger partial charge on any atom is 0.249 e. The molecule has 124 valence electrons. The fraction of sp³-hybridized carbons (Fsp3) is 0.471. The molecule has 0 bridgehead atoms. The zero-order valence-corrected chi connectivity index (χ0v) is 13.4. The van der Waals surface area contributed by atoms with Crippen LogP contribution in [0.2, 0.25) is 0 Å². The van der Waals surface area contributed by atoms with Gasteiger partial charge in [0.05, 0.1) is 13.3 Å². The van der Waals surface area contributed by atoms with Crippen LogP contribution in [0.5, 0.6) is 5.75 Å². The molecule has 6 nitrogen and oxygen atoms in total. The highest BCUT2D eigenvalue weighted by atomic mass is 16.5. The summed E-state index contributed by atoms with van der Waals surface area (Å²) in [4.78, 5) is 23.5. The van der Waals surface area contributed by atoms with Crippen molar-refractivity contribution in [3.8, 4) is 5.75 Å². The minimum absolute atomic E-state index is 0.202. The van der Waals surface area contributed by atoms with Crippen molar-refractivity contribution in [3.63, 3.8) is 0 Å². The van der Waals surface area contributed by atoms with Crippen molar-refractivity contribution in [2.45, 2.75) is 44.6 Å². The minimum atomic E-state index is -0.419. The van der Waals surface area contributed by atoms with E-state index in [0.717, 1.165) is 31.2 Å². The average Bonchev–Trinajstić information content (AvgIpc) is 2.56. The molecule has 2 amide bonds. The molecule has 0 heterocycles. The van der Waals surface area contributed by atoms with E-state index in [4.69, 9.17) is 4.74 Å². The molecule has 0 radical (unpaired) electrons. The lowest BCUT2D eigenvalue weighted by Crippen LogP contribution is -2.38. The second-order valence-corrected chi connectivity index (χ2v) is 5.65. The van der Waals surface area contributed by atoms with Gasteiger partial charge in [-0.3, -0.25) is 9.59 Å². The molecule has 2 rings (SSSR count). The third-order valence-corrected chi connectivity index (χ3v) is 3.79. The zero-order valence-electron chi connectivity index (χ0n) is 13.4. The van der Waals surface area contributed by atoms with E-state index in [-0.39, 0.29) is 18.4 Å². The average molecular weight is 317 g/mol. The number of benzene rings is 1. The van der Waals surface area contributed by atoms with Crippen molar-refractivity contribution >= 4 is 18.0 Å². The Labute approximate surface area is 136 Å². The van der Waals surface area contributed by atoms with Crippen LogP contribution in [0.15, 0.2) is 29.4 Å². The van der Waals surface area contributed by atoms with Crippen LogP contribution in [0.1, 0.15) is 44.1 Å². The van der Waals surface area contributed by atoms with Crippen LogP contribution < -0.4 is 15.5 Å². The summed E-state index contributed by atoms with van der Waals surface area (Å²) in [6, 6.07) is 7.51. The van der Waals surface area contributed by atoms with Crippen LogP contribution in [0.25, 0.3) is 0 Å². The van der Waals surface area contributed by atoms with Crippen molar-refractivity contribution in [2.75, 3.05) is 7.11 Å². The summed E-state index contributed by atoms with van der Waals surface area (Å²) < 4.78 is 5.11. The smallest absolute Gasteiger partial charge is 0.249 e. The van der Waals surface area contributed by atoms with E-state index >= 15 is 0 Å². The Morgan fingerprint density at radius 2 is 2.04 bits per heavy atom. The van der Waals surface area contributed by atoms with Gasteiger partial charge in [0.2, 0.25) is 11.8 Å². The number of hydrogen-bond acceptors (Lipinski definition) is 4. The van der Waals surface area contributed by atoms with Gasteiger partial charge in [-0.2, -0.15) is 5.10 Å². The number of hydrazone groups is 1. The maximum atomic E-state index is 11.8. The molecule has 23 heavy (non-hydrogen) atoms. The number of carbonyl (C=O) groups is 2. The number of ether oxygens (including phenoxy) is 1. The molecule has 0 aromatic heterocycles. The number of carbonyl (C=O) groups excluding carboxylic acids is 2. The third kappa shape index (κ3) is 6.10. The van der Waals surface area contributed by atoms with E-state index in [1.165, 1.54) is 12.6 Å². The van der Waals surface area contributed by atoms with E-state index < -0.39 is 5.91 Å². The summed E-state index contributed by atoms with van der Waals surface area (Å²) in [5.74, 6) is 0.0515. The van der Waals surface area contributed by atoms with Crippen LogP contribution in [0.3, 0.4) is 0 Å². The minimum Gasteiger partial charge on any atom is -0.497 e. The lowest BCUT2D eigenvalue weighted by atomic mass is 9.95. The number of rotatable bonds is 6. The Morgan fingerprint density at radius 3 is 2.78 bits per heavy atom. The molecule has 1 aliphatic carbocycles. The van der Waals surface area contributed by atoms with Gasteiger partial charge < -0.3 is 10.1 Å². The highest BCUT2D eigenvalue weighted by Crippen LogP contribution is 2.17. The lowest BCUT2D eigenvalue weighted by molar-refractivity contribution is -0.129. The van der Waals surface area contributed by atoms with Gasteiger partial charge in [0.1, 0.15) is 12.2 Å². The standard InChI is InChI=1S/C17H23N3O3/c1-23-15-9-5-6-13(10-15)12-18-20-17(22)11-16(21)19-14-7-3-2-4-8-14/h5-6,9-10,12,14H,2-4,7-8,11H2,1H3,(H,19,21)(H,20,22)/b18-12+. The molecule has 0 saturated heterocycles. The number of hydrogen-bond donors (Lipinski definition) is 2. The second-order valence-electron chi connectivity index (χ2n) is 5.65. The summed E-state index contributed by atoms with van der Waals surface area (Å²) in [5, 5.41) is 6.76. The first kappa shape index (κ1) is 17.0. The fourth-order valence-electron chi connectivity index (χ4n) is 2.61. The van der Waals surface area contributed by atoms with E-state index in [0.29, 0.717) is 5.75 Å². The maximum absolute atomic E-state index is 11.8. The normalized spacial score (nSPS) is 15.3. The topological polar surface area (TPSA) is 79.8 Å². The van der Waals surface area contributed by atoms with E-state index in [1.54, 1.807) is 13.2 Å². The molecule has 2 N–H and O–H groups in total. The van der Waals surface area contributed by atoms with Crippen molar-refractivity contribution in [1.29, 1.82) is 0 Å². The first-order valence-corrected chi connectivity index (χ1v) is 7.92. The Morgan fingerprint density at radius 1 is 1.26 bits per heavy atom. The Hall–Kier alpha value is -2.37. The molecule has 0 aliphatic heterocycles. The second kappa shape index (κ2) is 8.92. The number of nitrogens with zero attached hydrogens (tertiary/aromatic N) is 1. The first-order chi connectivity index (χ1) is 11.2. The molecule has 0 unspecified atom stereocenters. The monoisotopic (exact) mass is 317 g/mol. The van der Waals surface area contributed by atoms with Crippen LogP contribution in [0.4, 0.5) is 0 Å². The zero-order chi connectivity index (χ0) is 16.5. The molecule has 1 fully saturated rings. The summed E-state index contributed by atoms with van der Waals surface area (Å²) in [5.41, 5.74) is 3.17. The largest absolute Gasteiger partial charge is 0.497 e. The summed E-state index contributed by atoms with van der Waals surface area (Å²) in [7, 11) is 1.59. The number of methoxy groups -OCH3 is 1. The van der Waals surface area contributed by atoms with E-state index in [1.807, 2.05) is 18.2 Å². The molecular formula is C17H23N3O3. The molecule has 1 aromatic rings. The SMILES string of the molecule is COc1cccc(/C=N/NC(=O)CC(=O)NC2CCCCC2)c1. The molecule has 0 spiro atoms. The van der Waals surface area contributed by atoms with Crippen LogP contribution in [0, 0.1) is 0 Å². The predicted molar refractivity (Wildman–Crippen MR) is 88.4 cm³/mol. The van der Waals surface area contributed by atoms with E-state index in [9.17, 15) is 9.59 Å². The molecule has 6 heteroatoms. The molecule has 1 saturated carbocycles. The van der Waals surface area contributed by atoms with Crippen LogP contribution in [-0.4, -0.2) is 31.2 Å². The highest BCUT2D eigenvalue weighted by Gasteiger charge is 2.17. The lowest BCUT2D eigenvalue weighted by Gasteiger charge is -2.22. The van der Waals surface area contributed by atoms with Gasteiger partial charge in [0, 0.05) is 6.04 Å². The van der Waals surface area contributed by atoms with Gasteiger partial charge in [0.15, 0.2) is 0 Å². The number of nitrogens with one attached hydrogen (secondary N) is 2. The molecule has 0 atom stereocenters. The van der Waals surface area contributed by atoms with Gasteiger partial charge in [-0.15, -0.1) is 0 Å². The molecule has 1 aromatic carbocycles. The van der Waals surface area contributed by atoms with Crippen LogP contribution in [-0.2, 0) is 9.59 Å². The Bertz CT molecular complexity index is 566. The summed E-state index contributed by atoms with van der Waals surface area (Å²) >= 11 is 0. The van der Waals surface area contributed by atoms with Crippen molar-refractivity contribution < 1.29 is 14.3 Å². The van der Waals surface area contributed by atoms with Gasteiger partial charge >= 0.3 is 0 Å². The van der Waals surface area contributed by atoms with Crippen molar-refractivity contribution in [2.24, 2.45) is 5.10 Å². The quantitative estimate of drug-likeness (QED) is 0.478. The highest BCUT2D eigenvalue weighted by molar-refractivity contribution is 5.97. The van der Waals surface area contributed by atoms with Crippen molar-refractivity contribution in [3.05, 3.63) is 29.8 Å².